The summed E-state index contributed by atoms with van der Waals surface area (Å²) in [6.45, 7) is 4.69. The maximum atomic E-state index is 12.1. The molecule has 2 aromatic rings. The molecule has 1 aromatic carbocycles. The topological polar surface area (TPSA) is 68.0 Å². The summed E-state index contributed by atoms with van der Waals surface area (Å²) >= 11 is 0. The number of nitrogens with zero attached hydrogens (tertiary/aromatic N) is 1. The van der Waals surface area contributed by atoms with Crippen LogP contribution in [0.5, 0.6) is 0 Å². The third-order valence-corrected chi connectivity index (χ3v) is 3.58. The van der Waals surface area contributed by atoms with Gasteiger partial charge in [-0.3, -0.25) is 9.78 Å². The van der Waals surface area contributed by atoms with Crippen LogP contribution in [0.15, 0.2) is 48.8 Å². The van der Waals surface area contributed by atoms with Gasteiger partial charge in [-0.05, 0) is 29.0 Å². The van der Waals surface area contributed by atoms with E-state index in [4.69, 9.17) is 5.73 Å². The molecule has 4 heteroatoms. The highest BCUT2D eigenvalue weighted by Gasteiger charge is 2.13. The lowest BCUT2D eigenvalue weighted by Gasteiger charge is -2.13. The van der Waals surface area contributed by atoms with E-state index in [-0.39, 0.29) is 5.91 Å². The van der Waals surface area contributed by atoms with Crippen LogP contribution in [0.4, 0.5) is 0 Å². The first kappa shape index (κ1) is 16.2. The number of pyridine rings is 1. The zero-order valence-corrected chi connectivity index (χ0v) is 13.1. The maximum absolute atomic E-state index is 12.1. The number of hydrogen-bond acceptors (Lipinski definition) is 3. The van der Waals surface area contributed by atoms with Gasteiger partial charge < -0.3 is 11.1 Å². The standard InChI is InChI=1S/C18H23N3O/c1-13(2)16-8-15(10-20-12-16)11-21-18(22)17(19)9-14-6-4-3-5-7-14/h3-8,10,12-13,17H,9,11,19H2,1-2H3,(H,21,22)/t17-/m0/s1. The van der Waals surface area contributed by atoms with Crippen molar-refractivity contribution in [2.24, 2.45) is 5.73 Å². The molecule has 0 saturated heterocycles. The highest BCUT2D eigenvalue weighted by molar-refractivity contribution is 5.81. The zero-order chi connectivity index (χ0) is 15.9. The van der Waals surface area contributed by atoms with Crippen LogP contribution < -0.4 is 11.1 Å². The highest BCUT2D eigenvalue weighted by Crippen LogP contribution is 2.13. The molecular weight excluding hydrogens is 274 g/mol. The average Bonchev–Trinajstić information content (AvgIpc) is 2.53. The molecule has 0 saturated carbocycles. The molecule has 4 nitrogen and oxygen atoms in total. The number of hydrogen-bond donors (Lipinski definition) is 2. The second-order valence-electron chi connectivity index (χ2n) is 5.80. The molecule has 0 radical (unpaired) electrons. The summed E-state index contributed by atoms with van der Waals surface area (Å²) in [6, 6.07) is 11.3. The fraction of sp³-hybridized carbons (Fsp3) is 0.333. The predicted molar refractivity (Wildman–Crippen MR) is 88.3 cm³/mol. The lowest BCUT2D eigenvalue weighted by molar-refractivity contribution is -0.122. The van der Waals surface area contributed by atoms with Crippen LogP contribution in [-0.4, -0.2) is 16.9 Å². The van der Waals surface area contributed by atoms with Gasteiger partial charge in [-0.15, -0.1) is 0 Å². The lowest BCUT2D eigenvalue weighted by Crippen LogP contribution is -2.41. The zero-order valence-electron chi connectivity index (χ0n) is 13.1. The van der Waals surface area contributed by atoms with Crippen molar-refractivity contribution in [1.29, 1.82) is 0 Å². The molecular formula is C18H23N3O. The van der Waals surface area contributed by atoms with Crippen molar-refractivity contribution < 1.29 is 4.79 Å². The lowest BCUT2D eigenvalue weighted by atomic mass is 10.0. The molecule has 0 fully saturated rings. The summed E-state index contributed by atoms with van der Waals surface area (Å²) in [6.07, 6.45) is 4.17. The van der Waals surface area contributed by atoms with Crippen molar-refractivity contribution in [2.75, 3.05) is 0 Å². The van der Waals surface area contributed by atoms with Gasteiger partial charge >= 0.3 is 0 Å². The summed E-state index contributed by atoms with van der Waals surface area (Å²) in [7, 11) is 0. The first-order valence-corrected chi connectivity index (χ1v) is 7.57. The Hall–Kier alpha value is -2.20. The molecule has 1 aromatic heterocycles. The molecule has 0 bridgehead atoms. The van der Waals surface area contributed by atoms with E-state index in [2.05, 4.69) is 30.2 Å². The van der Waals surface area contributed by atoms with Crippen LogP contribution in [-0.2, 0) is 17.8 Å². The molecule has 0 unspecified atom stereocenters. The first-order chi connectivity index (χ1) is 10.6. The SMILES string of the molecule is CC(C)c1cncc(CNC(=O)[C@@H](N)Cc2ccccc2)c1. The van der Waals surface area contributed by atoms with Crippen LogP contribution in [0.25, 0.3) is 0 Å². The van der Waals surface area contributed by atoms with Crippen molar-refractivity contribution in [3.05, 3.63) is 65.5 Å². The number of benzene rings is 1. The Kier molecular flexibility index (Phi) is 5.67. The molecule has 0 aliphatic heterocycles. The molecule has 0 spiro atoms. The molecule has 1 amide bonds. The second kappa shape index (κ2) is 7.71. The third kappa shape index (κ3) is 4.67. The Morgan fingerprint density at radius 3 is 2.59 bits per heavy atom. The van der Waals surface area contributed by atoms with Gasteiger partial charge in [0.15, 0.2) is 0 Å². The van der Waals surface area contributed by atoms with Crippen LogP contribution in [0.1, 0.15) is 36.5 Å². The Morgan fingerprint density at radius 2 is 1.91 bits per heavy atom. The fourth-order valence-corrected chi connectivity index (χ4v) is 2.20. The van der Waals surface area contributed by atoms with Crippen molar-refractivity contribution >= 4 is 5.91 Å². The first-order valence-electron chi connectivity index (χ1n) is 7.57. The Bertz CT molecular complexity index is 611. The van der Waals surface area contributed by atoms with Crippen LogP contribution in [0.3, 0.4) is 0 Å². The number of carbonyl (C=O) groups is 1. The minimum absolute atomic E-state index is 0.140. The van der Waals surface area contributed by atoms with E-state index in [1.54, 1.807) is 6.20 Å². The quantitative estimate of drug-likeness (QED) is 0.860. The smallest absolute Gasteiger partial charge is 0.237 e. The van der Waals surface area contributed by atoms with Gasteiger partial charge in [0.1, 0.15) is 0 Å². The maximum Gasteiger partial charge on any atom is 0.237 e. The van der Waals surface area contributed by atoms with Gasteiger partial charge in [-0.1, -0.05) is 50.2 Å². The van der Waals surface area contributed by atoms with E-state index in [0.29, 0.717) is 18.9 Å². The summed E-state index contributed by atoms with van der Waals surface area (Å²) in [5.74, 6) is 0.280. The van der Waals surface area contributed by atoms with Crippen molar-refractivity contribution in [2.45, 2.75) is 38.8 Å². The number of amides is 1. The van der Waals surface area contributed by atoms with Crippen LogP contribution >= 0.6 is 0 Å². The van der Waals surface area contributed by atoms with E-state index in [1.807, 2.05) is 36.5 Å². The summed E-state index contributed by atoms with van der Waals surface area (Å²) in [4.78, 5) is 16.3. The minimum Gasteiger partial charge on any atom is -0.351 e. The van der Waals surface area contributed by atoms with Gasteiger partial charge in [0.2, 0.25) is 5.91 Å². The Balaban J connectivity index is 1.88. The molecule has 116 valence electrons. The summed E-state index contributed by atoms with van der Waals surface area (Å²) in [5.41, 5.74) is 9.19. The van der Waals surface area contributed by atoms with E-state index < -0.39 is 6.04 Å². The second-order valence-corrected chi connectivity index (χ2v) is 5.80. The number of nitrogens with one attached hydrogen (secondary N) is 1. The third-order valence-electron chi connectivity index (χ3n) is 3.58. The Labute approximate surface area is 131 Å². The van der Waals surface area contributed by atoms with E-state index in [9.17, 15) is 4.79 Å². The largest absolute Gasteiger partial charge is 0.351 e. The van der Waals surface area contributed by atoms with Gasteiger partial charge in [-0.25, -0.2) is 0 Å². The van der Waals surface area contributed by atoms with Crippen LogP contribution in [0.2, 0.25) is 0 Å². The average molecular weight is 297 g/mol. The number of aromatic nitrogens is 1. The molecule has 1 heterocycles. The number of nitrogens with two attached hydrogens (primary N) is 1. The molecule has 0 aliphatic rings. The number of carbonyl (C=O) groups excluding carboxylic acids is 1. The summed E-state index contributed by atoms with van der Waals surface area (Å²) in [5, 5.41) is 2.88. The highest BCUT2D eigenvalue weighted by atomic mass is 16.2. The van der Waals surface area contributed by atoms with Gasteiger partial charge in [0, 0.05) is 18.9 Å². The fourth-order valence-electron chi connectivity index (χ4n) is 2.20. The van der Waals surface area contributed by atoms with Gasteiger partial charge in [-0.2, -0.15) is 0 Å². The number of rotatable bonds is 6. The van der Waals surface area contributed by atoms with Gasteiger partial charge in [0.25, 0.3) is 0 Å². The van der Waals surface area contributed by atoms with Gasteiger partial charge in [0.05, 0.1) is 6.04 Å². The van der Waals surface area contributed by atoms with Crippen molar-refractivity contribution in [3.63, 3.8) is 0 Å². The predicted octanol–water partition coefficient (Wildman–Crippen LogP) is 2.39. The van der Waals surface area contributed by atoms with Crippen molar-refractivity contribution in [3.8, 4) is 0 Å². The molecule has 0 aliphatic carbocycles. The minimum atomic E-state index is -0.538. The molecule has 2 rings (SSSR count). The van der Waals surface area contributed by atoms with E-state index >= 15 is 0 Å². The monoisotopic (exact) mass is 297 g/mol. The van der Waals surface area contributed by atoms with Crippen LogP contribution in [0, 0.1) is 0 Å². The molecule has 3 N–H and O–H groups in total. The van der Waals surface area contributed by atoms with E-state index in [0.717, 1.165) is 11.1 Å². The Morgan fingerprint density at radius 1 is 1.18 bits per heavy atom. The van der Waals surface area contributed by atoms with E-state index in [1.165, 1.54) is 5.56 Å². The molecule has 1 atom stereocenters. The van der Waals surface area contributed by atoms with Crippen molar-refractivity contribution in [1.82, 2.24) is 10.3 Å². The summed E-state index contributed by atoms with van der Waals surface area (Å²) < 4.78 is 0. The normalized spacial score (nSPS) is 12.2. The molecule has 22 heavy (non-hydrogen) atoms.